The Hall–Kier alpha value is -0.810. The Morgan fingerprint density at radius 3 is 2.47 bits per heavy atom. The predicted molar refractivity (Wildman–Crippen MR) is 63.9 cm³/mol. The first-order chi connectivity index (χ1) is 7.82. The lowest BCUT2D eigenvalue weighted by atomic mass is 9.99. The van der Waals surface area contributed by atoms with Crippen LogP contribution in [-0.2, 0) is 6.18 Å². The fourth-order valence-electron chi connectivity index (χ4n) is 1.27. The molecular weight excluding hydrogens is 369 g/mol. The second-order valence-corrected chi connectivity index (χ2v) is 4.44. The van der Waals surface area contributed by atoms with Crippen molar-refractivity contribution in [1.29, 1.82) is 5.26 Å². The molecule has 0 bridgehead atoms. The Bertz CT molecular complexity index is 507. The number of nitrogens with zero attached hydrogens (tertiary/aromatic N) is 1. The Labute approximate surface area is 114 Å². The van der Waals surface area contributed by atoms with E-state index in [1.165, 1.54) is 6.07 Å². The van der Waals surface area contributed by atoms with Gasteiger partial charge in [-0.15, -0.1) is 11.6 Å². The molecule has 0 atom stereocenters. The molecule has 2 nitrogen and oxygen atoms in total. The summed E-state index contributed by atoms with van der Waals surface area (Å²) in [4.78, 5) is 11.4. The molecule has 0 spiro atoms. The van der Waals surface area contributed by atoms with E-state index in [2.05, 4.69) is 0 Å². The van der Waals surface area contributed by atoms with Crippen molar-refractivity contribution in [3.63, 3.8) is 0 Å². The van der Waals surface area contributed by atoms with Crippen molar-refractivity contribution < 1.29 is 18.0 Å². The molecule has 0 radical (unpaired) electrons. The maximum absolute atomic E-state index is 12.6. The van der Waals surface area contributed by atoms with E-state index in [1.807, 2.05) is 0 Å². The lowest BCUT2D eigenvalue weighted by Gasteiger charge is -2.12. The highest BCUT2D eigenvalue weighted by molar-refractivity contribution is 14.1. The highest BCUT2D eigenvalue weighted by atomic mass is 127. The molecule has 0 unspecified atom stereocenters. The lowest BCUT2D eigenvalue weighted by Crippen LogP contribution is -2.14. The van der Waals surface area contributed by atoms with Crippen molar-refractivity contribution in [1.82, 2.24) is 0 Å². The molecule has 1 rings (SSSR count). The number of Topliss-reactive ketones (excluding diaryl/α,β-unsaturated/α-hetero) is 1. The average molecular weight is 373 g/mol. The second kappa shape index (κ2) is 5.23. The summed E-state index contributed by atoms with van der Waals surface area (Å²) < 4.78 is 38.1. The van der Waals surface area contributed by atoms with Gasteiger partial charge in [0.05, 0.1) is 22.6 Å². The normalized spacial score (nSPS) is 11.1. The number of rotatable bonds is 2. The zero-order valence-corrected chi connectivity index (χ0v) is 11.0. The Kier molecular flexibility index (Phi) is 4.38. The maximum atomic E-state index is 12.6. The first-order valence-corrected chi connectivity index (χ1v) is 5.83. The quantitative estimate of drug-likeness (QED) is 0.451. The van der Waals surface area contributed by atoms with Crippen molar-refractivity contribution in [3.8, 4) is 6.07 Å². The van der Waals surface area contributed by atoms with Crippen molar-refractivity contribution in [2.45, 2.75) is 6.18 Å². The molecule has 0 aliphatic heterocycles. The molecule has 0 amide bonds. The van der Waals surface area contributed by atoms with Gasteiger partial charge in [-0.2, -0.15) is 18.4 Å². The van der Waals surface area contributed by atoms with Crippen LogP contribution in [-0.4, -0.2) is 11.7 Å². The van der Waals surface area contributed by atoms with Gasteiger partial charge in [0, 0.05) is 3.57 Å². The van der Waals surface area contributed by atoms with Crippen molar-refractivity contribution in [3.05, 3.63) is 32.4 Å². The number of hydrogen-bond acceptors (Lipinski definition) is 2. The van der Waals surface area contributed by atoms with Crippen LogP contribution in [0.15, 0.2) is 12.1 Å². The first kappa shape index (κ1) is 14.3. The minimum Gasteiger partial charge on any atom is -0.293 e. The molecule has 0 fully saturated rings. The van der Waals surface area contributed by atoms with E-state index in [4.69, 9.17) is 16.9 Å². The van der Waals surface area contributed by atoms with Crippen LogP contribution < -0.4 is 0 Å². The van der Waals surface area contributed by atoms with Crippen LogP contribution in [0.3, 0.4) is 0 Å². The molecule has 1 aromatic carbocycles. The van der Waals surface area contributed by atoms with Crippen LogP contribution in [0.4, 0.5) is 13.2 Å². The van der Waals surface area contributed by atoms with E-state index in [0.717, 1.165) is 12.1 Å². The van der Waals surface area contributed by atoms with E-state index in [-0.39, 0.29) is 9.13 Å². The zero-order chi connectivity index (χ0) is 13.2. The van der Waals surface area contributed by atoms with Gasteiger partial charge < -0.3 is 0 Å². The number of nitriles is 1. The summed E-state index contributed by atoms with van der Waals surface area (Å²) in [5.74, 6) is -1.16. The van der Waals surface area contributed by atoms with Gasteiger partial charge in [-0.05, 0) is 34.7 Å². The summed E-state index contributed by atoms with van der Waals surface area (Å²) in [6.07, 6.45) is -4.67. The second-order valence-electron chi connectivity index (χ2n) is 3.01. The molecule has 0 aliphatic carbocycles. The molecule has 1 aromatic rings. The Morgan fingerprint density at radius 2 is 2.06 bits per heavy atom. The summed E-state index contributed by atoms with van der Waals surface area (Å²) >= 11 is 7.01. The van der Waals surface area contributed by atoms with Crippen LogP contribution in [0.1, 0.15) is 21.5 Å². The SMILES string of the molecule is N#Cc1c(C(F)(F)F)ccc(I)c1C(=O)CCl. The monoisotopic (exact) mass is 373 g/mol. The minimum absolute atomic E-state index is 0.266. The van der Waals surface area contributed by atoms with Gasteiger partial charge in [0.15, 0.2) is 5.78 Å². The molecular formula is C10H4ClF3INO. The number of alkyl halides is 4. The highest BCUT2D eigenvalue weighted by Crippen LogP contribution is 2.34. The van der Waals surface area contributed by atoms with Crippen molar-refractivity contribution in [2.75, 3.05) is 5.88 Å². The number of hydrogen-bond donors (Lipinski definition) is 0. The lowest BCUT2D eigenvalue weighted by molar-refractivity contribution is -0.137. The molecule has 0 N–H and O–H groups in total. The predicted octanol–water partition coefficient (Wildman–Crippen LogP) is 3.60. The first-order valence-electron chi connectivity index (χ1n) is 4.22. The molecule has 90 valence electrons. The molecule has 7 heteroatoms. The van der Waals surface area contributed by atoms with Crippen LogP contribution >= 0.6 is 34.2 Å². The van der Waals surface area contributed by atoms with Crippen LogP contribution in [0.25, 0.3) is 0 Å². The standard InChI is InChI=1S/C10H4ClF3INO/c11-3-8(17)9-5(4-16)6(10(12,13)14)1-2-7(9)15/h1-2H,3H2. The number of carbonyl (C=O) groups excluding carboxylic acids is 1. The van der Waals surface area contributed by atoms with E-state index >= 15 is 0 Å². The summed E-state index contributed by atoms with van der Waals surface area (Å²) in [6.45, 7) is 0. The molecule has 0 saturated heterocycles. The highest BCUT2D eigenvalue weighted by Gasteiger charge is 2.36. The molecule has 0 saturated carbocycles. The third-order valence-corrected chi connectivity index (χ3v) is 3.11. The third-order valence-electron chi connectivity index (χ3n) is 1.97. The molecule has 0 aromatic heterocycles. The van der Waals surface area contributed by atoms with Gasteiger partial charge in [-0.1, -0.05) is 0 Å². The van der Waals surface area contributed by atoms with Crippen LogP contribution in [0.2, 0.25) is 0 Å². The topological polar surface area (TPSA) is 40.9 Å². The number of benzene rings is 1. The number of ketones is 1. The van der Waals surface area contributed by atoms with Crippen LogP contribution in [0.5, 0.6) is 0 Å². The van der Waals surface area contributed by atoms with Gasteiger partial charge in [0.2, 0.25) is 0 Å². The Morgan fingerprint density at radius 1 is 1.47 bits per heavy atom. The van der Waals surface area contributed by atoms with E-state index in [0.29, 0.717) is 0 Å². The fraction of sp³-hybridized carbons (Fsp3) is 0.200. The summed E-state index contributed by atoms with van der Waals surface area (Å²) in [5, 5.41) is 8.78. The summed E-state index contributed by atoms with van der Waals surface area (Å²) in [7, 11) is 0. The third kappa shape index (κ3) is 2.90. The van der Waals surface area contributed by atoms with Gasteiger partial charge in [-0.25, -0.2) is 0 Å². The van der Waals surface area contributed by atoms with E-state index in [1.54, 1.807) is 22.6 Å². The average Bonchev–Trinajstić information content (AvgIpc) is 2.25. The zero-order valence-electron chi connectivity index (χ0n) is 8.11. The fourth-order valence-corrected chi connectivity index (χ4v) is 2.15. The van der Waals surface area contributed by atoms with Gasteiger partial charge in [0.1, 0.15) is 6.07 Å². The summed E-state index contributed by atoms with van der Waals surface area (Å²) in [5.41, 5.74) is -2.05. The van der Waals surface area contributed by atoms with Crippen molar-refractivity contribution in [2.24, 2.45) is 0 Å². The molecule has 0 heterocycles. The van der Waals surface area contributed by atoms with Gasteiger partial charge in [-0.3, -0.25) is 4.79 Å². The maximum Gasteiger partial charge on any atom is 0.417 e. The van der Waals surface area contributed by atoms with Crippen molar-refractivity contribution >= 4 is 40.0 Å². The number of carbonyl (C=O) groups is 1. The summed E-state index contributed by atoms with van der Waals surface area (Å²) in [6, 6.07) is 3.35. The minimum atomic E-state index is -4.67. The van der Waals surface area contributed by atoms with Crippen LogP contribution in [0, 0.1) is 14.9 Å². The Balaban J connectivity index is 3.61. The van der Waals surface area contributed by atoms with Gasteiger partial charge in [0.25, 0.3) is 0 Å². The van der Waals surface area contributed by atoms with Gasteiger partial charge >= 0.3 is 6.18 Å². The largest absolute Gasteiger partial charge is 0.417 e. The van der Waals surface area contributed by atoms with E-state index in [9.17, 15) is 18.0 Å². The smallest absolute Gasteiger partial charge is 0.293 e. The number of halogens is 5. The van der Waals surface area contributed by atoms with E-state index < -0.39 is 29.0 Å². The molecule has 0 aliphatic rings. The molecule has 17 heavy (non-hydrogen) atoms.